The van der Waals surface area contributed by atoms with Crippen LogP contribution in [0.2, 0.25) is 0 Å². The lowest BCUT2D eigenvalue weighted by Gasteiger charge is -2.27. The number of rotatable bonds is 6. The third kappa shape index (κ3) is 4.18. The van der Waals surface area contributed by atoms with E-state index >= 15 is 0 Å². The lowest BCUT2D eigenvalue weighted by molar-refractivity contribution is -0.145. The van der Waals surface area contributed by atoms with Gasteiger partial charge < -0.3 is 10.1 Å². The van der Waals surface area contributed by atoms with Gasteiger partial charge in [-0.05, 0) is 25.5 Å². The van der Waals surface area contributed by atoms with E-state index in [1.54, 1.807) is 0 Å². The molecule has 0 aromatic heterocycles. The van der Waals surface area contributed by atoms with Crippen molar-refractivity contribution in [2.75, 3.05) is 12.9 Å². The van der Waals surface area contributed by atoms with Gasteiger partial charge in [0.15, 0.2) is 0 Å². The maximum atomic E-state index is 11.5. The second-order valence-corrected chi connectivity index (χ2v) is 6.31. The molecule has 17 heavy (non-hydrogen) atoms. The number of carbonyl (C=O) groups excluding carboxylic acids is 1. The zero-order valence-corrected chi connectivity index (χ0v) is 12.2. The van der Waals surface area contributed by atoms with E-state index in [9.17, 15) is 4.79 Å². The van der Waals surface area contributed by atoms with E-state index < -0.39 is 0 Å². The first-order valence-corrected chi connectivity index (χ1v) is 7.60. The number of methoxy groups -OCH3 is 1. The quantitative estimate of drug-likeness (QED) is 0.744. The normalized spacial score (nSPS) is 27.8. The highest BCUT2D eigenvalue weighted by atomic mass is 32.2. The van der Waals surface area contributed by atoms with Crippen LogP contribution in [-0.4, -0.2) is 36.2 Å². The molecule has 1 aliphatic carbocycles. The third-order valence-corrected chi connectivity index (χ3v) is 4.96. The van der Waals surface area contributed by atoms with Crippen LogP contribution in [-0.2, 0) is 9.53 Å². The van der Waals surface area contributed by atoms with Crippen LogP contribution >= 0.6 is 11.8 Å². The van der Waals surface area contributed by atoms with Crippen molar-refractivity contribution in [3.05, 3.63) is 0 Å². The maximum absolute atomic E-state index is 11.5. The molecule has 1 fully saturated rings. The van der Waals surface area contributed by atoms with Crippen LogP contribution in [0.1, 0.15) is 40.0 Å². The Kier molecular flexibility index (Phi) is 6.34. The molecule has 0 aromatic carbocycles. The molecule has 0 saturated heterocycles. The minimum Gasteiger partial charge on any atom is -0.469 e. The minimum absolute atomic E-state index is 0.0760. The van der Waals surface area contributed by atoms with Crippen LogP contribution in [0.5, 0.6) is 0 Å². The van der Waals surface area contributed by atoms with Gasteiger partial charge in [-0.3, -0.25) is 4.79 Å². The second kappa shape index (κ2) is 7.27. The van der Waals surface area contributed by atoms with Crippen molar-refractivity contribution in [3.63, 3.8) is 0 Å². The molecular formula is C13H25NO2S. The minimum atomic E-state index is -0.123. The Balaban J connectivity index is 2.44. The second-order valence-electron chi connectivity index (χ2n) is 4.80. The van der Waals surface area contributed by atoms with Gasteiger partial charge >= 0.3 is 5.97 Å². The predicted molar refractivity (Wildman–Crippen MR) is 73.3 cm³/mol. The largest absolute Gasteiger partial charge is 0.469 e. The number of hydrogen-bond donors (Lipinski definition) is 1. The molecule has 3 nitrogen and oxygen atoms in total. The van der Waals surface area contributed by atoms with Gasteiger partial charge in [0.25, 0.3) is 0 Å². The van der Waals surface area contributed by atoms with Crippen LogP contribution in [0, 0.1) is 5.92 Å². The SMILES string of the molecule is CCSC1CCCC1NC(C)C(C)C(=O)OC. The lowest BCUT2D eigenvalue weighted by Crippen LogP contribution is -2.45. The predicted octanol–water partition coefficient (Wildman–Crippen LogP) is 2.45. The summed E-state index contributed by atoms with van der Waals surface area (Å²) >= 11 is 2.04. The summed E-state index contributed by atoms with van der Waals surface area (Å²) in [4.78, 5) is 11.5. The summed E-state index contributed by atoms with van der Waals surface area (Å²) in [7, 11) is 1.46. The molecule has 0 spiro atoms. The zero-order chi connectivity index (χ0) is 12.8. The summed E-state index contributed by atoms with van der Waals surface area (Å²) in [5.41, 5.74) is 0. The van der Waals surface area contributed by atoms with Crippen LogP contribution in [0.15, 0.2) is 0 Å². The van der Waals surface area contributed by atoms with Crippen molar-refractivity contribution in [1.82, 2.24) is 5.32 Å². The molecule has 0 heterocycles. The van der Waals surface area contributed by atoms with E-state index in [1.165, 1.54) is 32.1 Å². The first kappa shape index (κ1) is 14.8. The fraction of sp³-hybridized carbons (Fsp3) is 0.923. The fourth-order valence-corrected chi connectivity index (χ4v) is 3.61. The Labute approximate surface area is 109 Å². The molecule has 4 unspecified atom stereocenters. The van der Waals surface area contributed by atoms with E-state index in [2.05, 4.69) is 19.2 Å². The van der Waals surface area contributed by atoms with Crippen molar-refractivity contribution in [2.24, 2.45) is 5.92 Å². The van der Waals surface area contributed by atoms with Crippen LogP contribution in [0.4, 0.5) is 0 Å². The average Bonchev–Trinajstić information content (AvgIpc) is 2.75. The first-order chi connectivity index (χ1) is 8.10. The highest BCUT2D eigenvalue weighted by molar-refractivity contribution is 7.99. The van der Waals surface area contributed by atoms with Crippen LogP contribution in [0.3, 0.4) is 0 Å². The van der Waals surface area contributed by atoms with Crippen molar-refractivity contribution in [3.8, 4) is 0 Å². The summed E-state index contributed by atoms with van der Waals surface area (Å²) in [5.74, 6) is 0.972. The monoisotopic (exact) mass is 259 g/mol. The van der Waals surface area contributed by atoms with E-state index in [0.717, 1.165) is 0 Å². The molecule has 0 aromatic rings. The molecule has 1 N–H and O–H groups in total. The summed E-state index contributed by atoms with van der Waals surface area (Å²) in [6.45, 7) is 6.22. The molecule has 0 radical (unpaired) electrons. The highest BCUT2D eigenvalue weighted by Crippen LogP contribution is 2.30. The topological polar surface area (TPSA) is 38.3 Å². The molecule has 1 aliphatic rings. The fourth-order valence-electron chi connectivity index (χ4n) is 2.40. The van der Waals surface area contributed by atoms with Crippen molar-refractivity contribution >= 4 is 17.7 Å². The molecule has 0 amide bonds. The number of carbonyl (C=O) groups is 1. The smallest absolute Gasteiger partial charge is 0.309 e. The summed E-state index contributed by atoms with van der Waals surface area (Å²) < 4.78 is 4.79. The van der Waals surface area contributed by atoms with Gasteiger partial charge in [0, 0.05) is 17.3 Å². The maximum Gasteiger partial charge on any atom is 0.309 e. The van der Waals surface area contributed by atoms with E-state index in [1.807, 2.05) is 18.7 Å². The van der Waals surface area contributed by atoms with Gasteiger partial charge in [0.05, 0.1) is 13.0 Å². The molecule has 1 rings (SSSR count). The molecular weight excluding hydrogens is 234 g/mol. The van der Waals surface area contributed by atoms with Crippen LogP contribution < -0.4 is 5.32 Å². The average molecular weight is 259 g/mol. The molecule has 1 saturated carbocycles. The summed E-state index contributed by atoms with van der Waals surface area (Å²) in [5, 5.41) is 4.32. The summed E-state index contributed by atoms with van der Waals surface area (Å²) in [6.07, 6.45) is 3.83. The standard InChI is InChI=1S/C13H25NO2S/c1-5-17-12-8-6-7-11(12)14-10(3)9(2)13(15)16-4/h9-12,14H,5-8H2,1-4H3. The number of thioether (sulfide) groups is 1. The van der Waals surface area contributed by atoms with E-state index in [0.29, 0.717) is 11.3 Å². The Hall–Kier alpha value is -0.220. The van der Waals surface area contributed by atoms with Crippen LogP contribution in [0.25, 0.3) is 0 Å². The van der Waals surface area contributed by atoms with Crippen molar-refractivity contribution in [1.29, 1.82) is 0 Å². The Morgan fingerprint density at radius 2 is 2.18 bits per heavy atom. The van der Waals surface area contributed by atoms with Crippen molar-refractivity contribution in [2.45, 2.75) is 57.4 Å². The number of ether oxygens (including phenoxy) is 1. The molecule has 4 atom stereocenters. The molecule has 100 valence electrons. The summed E-state index contributed by atoms with van der Waals surface area (Å²) in [6, 6.07) is 0.743. The molecule has 0 aliphatic heterocycles. The number of nitrogens with one attached hydrogen (secondary N) is 1. The van der Waals surface area contributed by atoms with Gasteiger partial charge in [0.1, 0.15) is 0 Å². The Morgan fingerprint density at radius 3 is 2.76 bits per heavy atom. The Bertz CT molecular complexity index is 248. The zero-order valence-electron chi connectivity index (χ0n) is 11.4. The van der Waals surface area contributed by atoms with Gasteiger partial charge in [0.2, 0.25) is 0 Å². The van der Waals surface area contributed by atoms with Crippen molar-refractivity contribution < 1.29 is 9.53 Å². The van der Waals surface area contributed by atoms with E-state index in [-0.39, 0.29) is 17.9 Å². The highest BCUT2D eigenvalue weighted by Gasteiger charge is 2.30. The molecule has 4 heteroatoms. The third-order valence-electron chi connectivity index (χ3n) is 3.63. The Morgan fingerprint density at radius 1 is 1.47 bits per heavy atom. The number of hydrogen-bond acceptors (Lipinski definition) is 4. The van der Waals surface area contributed by atoms with Gasteiger partial charge in [-0.1, -0.05) is 20.3 Å². The van der Waals surface area contributed by atoms with Gasteiger partial charge in [-0.25, -0.2) is 0 Å². The van der Waals surface area contributed by atoms with Gasteiger partial charge in [-0.15, -0.1) is 0 Å². The lowest BCUT2D eigenvalue weighted by atomic mass is 10.0. The number of esters is 1. The van der Waals surface area contributed by atoms with Gasteiger partial charge in [-0.2, -0.15) is 11.8 Å². The van der Waals surface area contributed by atoms with E-state index in [4.69, 9.17) is 4.74 Å². The first-order valence-electron chi connectivity index (χ1n) is 6.55. The molecule has 0 bridgehead atoms.